The number of fused-ring (bicyclic) bond motifs is 1. The molecule has 24 heavy (non-hydrogen) atoms. The monoisotopic (exact) mass is 486 g/mol. The average molecular weight is 485 g/mol. The van der Waals surface area contributed by atoms with Gasteiger partial charge in [0.1, 0.15) is 0 Å². The van der Waals surface area contributed by atoms with E-state index in [-0.39, 0.29) is 31.3 Å². The first-order valence-corrected chi connectivity index (χ1v) is 8.72. The standard InChI is InChI=1S/C13H15.C10H15.Hf/c1-3-6-11-9-10(2)12-7-4-5-8-13(11)12;1-7-6-10(4,5)9(3)8(7)2;/h4-5,7-9H,3,6H2,1-2H3;1-5H3;/q2*-1;. The molecule has 0 fully saturated rings. The van der Waals surface area contributed by atoms with E-state index in [9.17, 15) is 0 Å². The van der Waals surface area contributed by atoms with E-state index in [1.807, 2.05) is 0 Å². The van der Waals surface area contributed by atoms with Crippen molar-refractivity contribution in [3.63, 3.8) is 0 Å². The maximum absolute atomic E-state index is 3.44. The van der Waals surface area contributed by atoms with Gasteiger partial charge in [0, 0.05) is 25.8 Å². The second kappa shape index (κ2) is 8.52. The molecule has 3 rings (SSSR count). The maximum atomic E-state index is 3.44. The maximum Gasteiger partial charge on any atom is 0 e. The quantitative estimate of drug-likeness (QED) is 0.320. The Morgan fingerprint density at radius 2 is 1.71 bits per heavy atom. The minimum atomic E-state index is 0. The molecule has 0 amide bonds. The predicted octanol–water partition coefficient (Wildman–Crippen LogP) is 6.93. The molecular formula is C23H30Hf-2. The van der Waals surface area contributed by atoms with Gasteiger partial charge < -0.3 is 0 Å². The molecule has 0 aromatic heterocycles. The van der Waals surface area contributed by atoms with E-state index in [0.29, 0.717) is 0 Å². The number of hydrogen-bond donors (Lipinski definition) is 0. The Bertz CT molecular complexity index is 753. The molecule has 0 spiro atoms. The number of aryl methyl sites for hydroxylation is 2. The van der Waals surface area contributed by atoms with Crippen LogP contribution < -0.4 is 0 Å². The molecule has 2 aromatic rings. The average Bonchev–Trinajstić information content (AvgIpc) is 2.91. The van der Waals surface area contributed by atoms with Gasteiger partial charge in [-0.15, -0.1) is 47.5 Å². The third-order valence-electron chi connectivity index (χ3n) is 5.17. The van der Waals surface area contributed by atoms with Crippen LogP contribution in [0, 0.1) is 18.4 Å². The number of rotatable bonds is 2. The molecule has 1 aliphatic rings. The van der Waals surface area contributed by atoms with Crippen molar-refractivity contribution in [1.29, 1.82) is 0 Å². The van der Waals surface area contributed by atoms with E-state index in [1.54, 1.807) is 0 Å². The van der Waals surface area contributed by atoms with Crippen LogP contribution >= 0.6 is 0 Å². The smallest absolute Gasteiger partial charge is 0 e. The zero-order chi connectivity index (χ0) is 17.2. The van der Waals surface area contributed by atoms with Crippen LogP contribution in [-0.2, 0) is 32.3 Å². The summed E-state index contributed by atoms with van der Waals surface area (Å²) in [5.41, 5.74) is 7.32. The molecule has 0 aliphatic heterocycles. The summed E-state index contributed by atoms with van der Waals surface area (Å²) in [4.78, 5) is 0. The summed E-state index contributed by atoms with van der Waals surface area (Å²) in [5.74, 6) is 0. The van der Waals surface area contributed by atoms with E-state index >= 15 is 0 Å². The second-order valence-electron chi connectivity index (χ2n) is 7.27. The first-order valence-electron chi connectivity index (χ1n) is 8.72. The van der Waals surface area contributed by atoms with Gasteiger partial charge in [0.2, 0.25) is 0 Å². The van der Waals surface area contributed by atoms with Crippen molar-refractivity contribution in [1.82, 2.24) is 0 Å². The summed E-state index contributed by atoms with van der Waals surface area (Å²) >= 11 is 0. The van der Waals surface area contributed by atoms with E-state index in [1.165, 1.54) is 51.5 Å². The normalized spacial score (nSPS) is 15.7. The van der Waals surface area contributed by atoms with Gasteiger partial charge in [-0.1, -0.05) is 65.9 Å². The van der Waals surface area contributed by atoms with Crippen molar-refractivity contribution in [2.75, 3.05) is 0 Å². The summed E-state index contributed by atoms with van der Waals surface area (Å²) in [6.45, 7) is 15.3. The molecule has 0 heterocycles. The van der Waals surface area contributed by atoms with E-state index in [4.69, 9.17) is 0 Å². The third-order valence-corrected chi connectivity index (χ3v) is 5.17. The van der Waals surface area contributed by atoms with Gasteiger partial charge in [-0.2, -0.15) is 16.7 Å². The van der Waals surface area contributed by atoms with Crippen molar-refractivity contribution in [3.8, 4) is 0 Å². The molecule has 128 valence electrons. The van der Waals surface area contributed by atoms with Gasteiger partial charge in [-0.25, -0.2) is 5.57 Å². The summed E-state index contributed by atoms with van der Waals surface area (Å²) in [7, 11) is 0. The van der Waals surface area contributed by atoms with Gasteiger partial charge in [-0.3, -0.25) is 6.08 Å². The van der Waals surface area contributed by atoms with E-state index in [0.717, 1.165) is 0 Å². The Morgan fingerprint density at radius 1 is 1.08 bits per heavy atom. The summed E-state index contributed by atoms with van der Waals surface area (Å²) in [5, 5.41) is 2.87. The van der Waals surface area contributed by atoms with Crippen LogP contribution in [0.1, 0.15) is 59.1 Å². The number of hydrogen-bond acceptors (Lipinski definition) is 0. The molecule has 0 saturated carbocycles. The van der Waals surface area contributed by atoms with Crippen LogP contribution in [0.2, 0.25) is 0 Å². The molecule has 0 radical (unpaired) electrons. The summed E-state index contributed by atoms with van der Waals surface area (Å²) in [6, 6.07) is 11.0. The van der Waals surface area contributed by atoms with Gasteiger partial charge in [0.05, 0.1) is 0 Å². The van der Waals surface area contributed by atoms with E-state index < -0.39 is 0 Å². The Morgan fingerprint density at radius 3 is 2.17 bits per heavy atom. The topological polar surface area (TPSA) is 0 Å². The van der Waals surface area contributed by atoms with Crippen LogP contribution in [0.25, 0.3) is 10.8 Å². The number of allylic oxidation sites excluding steroid dienone is 4. The fourth-order valence-corrected chi connectivity index (χ4v) is 3.41. The Labute approximate surface area is 167 Å². The predicted molar refractivity (Wildman–Crippen MR) is 103 cm³/mol. The second-order valence-corrected chi connectivity index (χ2v) is 7.27. The Balaban J connectivity index is 0.000000238. The third kappa shape index (κ3) is 4.42. The first-order chi connectivity index (χ1) is 10.8. The van der Waals surface area contributed by atoms with E-state index in [2.05, 4.69) is 84.9 Å². The molecule has 0 nitrogen and oxygen atoms in total. The molecule has 1 heteroatoms. The van der Waals surface area contributed by atoms with Crippen molar-refractivity contribution in [2.45, 2.75) is 61.3 Å². The zero-order valence-electron chi connectivity index (χ0n) is 16.3. The van der Waals surface area contributed by atoms with Crippen LogP contribution in [0.5, 0.6) is 0 Å². The number of benzene rings is 1. The minimum absolute atomic E-state index is 0. The largest absolute Gasteiger partial charge is 0.263 e. The minimum Gasteiger partial charge on any atom is -0.263 e. The van der Waals surface area contributed by atoms with Crippen molar-refractivity contribution in [3.05, 3.63) is 64.3 Å². The van der Waals surface area contributed by atoms with Gasteiger partial charge >= 0.3 is 0 Å². The van der Waals surface area contributed by atoms with Crippen molar-refractivity contribution in [2.24, 2.45) is 5.41 Å². The Hall–Kier alpha value is -0.820. The van der Waals surface area contributed by atoms with Gasteiger partial charge in [0.25, 0.3) is 0 Å². The Kier molecular flexibility index (Phi) is 7.53. The zero-order valence-corrected chi connectivity index (χ0v) is 19.9. The molecular weight excluding hydrogens is 455 g/mol. The molecule has 0 unspecified atom stereocenters. The summed E-state index contributed by atoms with van der Waals surface area (Å²) < 4.78 is 0. The molecule has 2 aromatic carbocycles. The molecule has 0 bridgehead atoms. The molecule has 0 N–H and O–H groups in total. The fraction of sp³-hybridized carbons (Fsp3) is 0.435. The van der Waals surface area contributed by atoms with Crippen molar-refractivity contribution >= 4 is 10.8 Å². The first kappa shape index (κ1) is 21.2. The van der Waals surface area contributed by atoms with Gasteiger partial charge in [-0.05, 0) is 0 Å². The van der Waals surface area contributed by atoms with Gasteiger partial charge in [0.15, 0.2) is 0 Å². The molecule has 0 atom stereocenters. The van der Waals surface area contributed by atoms with Crippen LogP contribution in [0.3, 0.4) is 0 Å². The summed E-state index contributed by atoms with van der Waals surface area (Å²) in [6.07, 6.45) is 5.87. The van der Waals surface area contributed by atoms with Crippen LogP contribution in [-0.4, -0.2) is 0 Å². The van der Waals surface area contributed by atoms with Crippen molar-refractivity contribution < 1.29 is 25.8 Å². The molecule has 1 aliphatic carbocycles. The molecule has 0 saturated heterocycles. The SMILES string of the molecule is CC1=[C-]C(C)(C)C(C)=C1C.CCCc1c[c-](C)c2ccccc12.[Hf]. The van der Waals surface area contributed by atoms with Crippen LogP contribution in [0.15, 0.2) is 47.1 Å². The fourth-order valence-electron chi connectivity index (χ4n) is 3.41. The van der Waals surface area contributed by atoms with Crippen LogP contribution in [0.4, 0.5) is 0 Å².